The Hall–Kier alpha value is -2.16. The number of hydrogen-bond acceptors (Lipinski definition) is 1. The molecule has 2 aromatic rings. The molecule has 1 aliphatic rings. The van der Waals surface area contributed by atoms with E-state index in [9.17, 15) is 9.18 Å². The van der Waals surface area contributed by atoms with Crippen LogP contribution in [0.4, 0.5) is 4.39 Å². The van der Waals surface area contributed by atoms with E-state index in [1.807, 2.05) is 12.1 Å². The molecule has 1 unspecified atom stereocenters. The third-order valence-electron chi connectivity index (χ3n) is 3.59. The number of nitrogens with one attached hydrogen (secondary N) is 1. The van der Waals surface area contributed by atoms with E-state index in [0.717, 1.165) is 6.42 Å². The van der Waals surface area contributed by atoms with Gasteiger partial charge in [0.2, 0.25) is 0 Å². The molecular formula is C16H14FNO. The molecule has 0 saturated carbocycles. The Balaban J connectivity index is 1.63. The van der Waals surface area contributed by atoms with Gasteiger partial charge in [-0.05, 0) is 29.7 Å². The van der Waals surface area contributed by atoms with Gasteiger partial charge < -0.3 is 5.32 Å². The average molecular weight is 255 g/mol. The summed E-state index contributed by atoms with van der Waals surface area (Å²) in [5.41, 5.74) is 2.74. The third kappa shape index (κ3) is 2.24. The van der Waals surface area contributed by atoms with Gasteiger partial charge in [0, 0.05) is 12.5 Å². The fourth-order valence-electron chi connectivity index (χ4n) is 2.50. The van der Waals surface area contributed by atoms with Gasteiger partial charge >= 0.3 is 0 Å². The lowest BCUT2D eigenvalue weighted by atomic mass is 9.77. The zero-order valence-electron chi connectivity index (χ0n) is 10.4. The minimum absolute atomic E-state index is 0.107. The smallest absolute Gasteiger partial charge is 0.254 e. The molecule has 0 bridgehead atoms. The van der Waals surface area contributed by atoms with Crippen molar-refractivity contribution in [3.8, 4) is 0 Å². The maximum atomic E-state index is 13.4. The van der Waals surface area contributed by atoms with Crippen LogP contribution in [0.25, 0.3) is 0 Å². The number of benzene rings is 2. The molecular weight excluding hydrogens is 241 g/mol. The molecule has 1 amide bonds. The maximum Gasteiger partial charge on any atom is 0.254 e. The van der Waals surface area contributed by atoms with Gasteiger partial charge in [0.15, 0.2) is 0 Å². The van der Waals surface area contributed by atoms with Crippen LogP contribution in [-0.4, -0.2) is 12.5 Å². The van der Waals surface area contributed by atoms with E-state index in [4.69, 9.17) is 0 Å². The van der Waals surface area contributed by atoms with E-state index < -0.39 is 5.82 Å². The monoisotopic (exact) mass is 255 g/mol. The van der Waals surface area contributed by atoms with Crippen molar-refractivity contribution in [3.63, 3.8) is 0 Å². The summed E-state index contributed by atoms with van der Waals surface area (Å²) < 4.78 is 13.4. The van der Waals surface area contributed by atoms with Crippen LogP contribution in [0, 0.1) is 5.82 Å². The molecule has 1 aliphatic carbocycles. The lowest BCUT2D eigenvalue weighted by Crippen LogP contribution is -2.33. The lowest BCUT2D eigenvalue weighted by Gasteiger charge is -2.30. The van der Waals surface area contributed by atoms with Crippen molar-refractivity contribution in [1.82, 2.24) is 5.32 Å². The molecule has 96 valence electrons. The number of halogens is 1. The Kier molecular flexibility index (Phi) is 3.03. The molecule has 19 heavy (non-hydrogen) atoms. The molecule has 2 aromatic carbocycles. The van der Waals surface area contributed by atoms with Gasteiger partial charge in [-0.15, -0.1) is 0 Å². The first kappa shape index (κ1) is 11.9. The number of amides is 1. The predicted octanol–water partition coefficient (Wildman–Crippen LogP) is 2.90. The lowest BCUT2D eigenvalue weighted by molar-refractivity contribution is 0.0946. The SMILES string of the molecule is O=C(NCC1Cc2ccccc21)c1ccccc1F. The number of fused-ring (bicyclic) bond motifs is 1. The summed E-state index contributed by atoms with van der Waals surface area (Å²) in [6, 6.07) is 14.2. The molecule has 3 heteroatoms. The molecule has 1 atom stereocenters. The zero-order chi connectivity index (χ0) is 13.2. The van der Waals surface area contributed by atoms with E-state index >= 15 is 0 Å². The van der Waals surface area contributed by atoms with Crippen molar-refractivity contribution >= 4 is 5.91 Å². The molecule has 0 fully saturated rings. The molecule has 0 spiro atoms. The summed E-state index contributed by atoms with van der Waals surface area (Å²) in [6.45, 7) is 0.560. The highest BCUT2D eigenvalue weighted by Gasteiger charge is 2.25. The van der Waals surface area contributed by atoms with Gasteiger partial charge in [-0.1, -0.05) is 36.4 Å². The van der Waals surface area contributed by atoms with E-state index in [1.165, 1.54) is 23.3 Å². The first-order valence-corrected chi connectivity index (χ1v) is 6.36. The van der Waals surface area contributed by atoms with Gasteiger partial charge in [-0.2, -0.15) is 0 Å². The van der Waals surface area contributed by atoms with E-state index in [0.29, 0.717) is 12.5 Å². The van der Waals surface area contributed by atoms with E-state index in [2.05, 4.69) is 17.4 Å². The van der Waals surface area contributed by atoms with Gasteiger partial charge in [-0.3, -0.25) is 4.79 Å². The largest absolute Gasteiger partial charge is 0.351 e. The standard InChI is InChI=1S/C16H14FNO/c17-15-8-4-3-7-14(15)16(19)18-10-12-9-11-5-1-2-6-13(11)12/h1-8,12H,9-10H2,(H,18,19). The van der Waals surface area contributed by atoms with Gasteiger partial charge in [0.1, 0.15) is 5.82 Å². The fraction of sp³-hybridized carbons (Fsp3) is 0.188. The second-order valence-corrected chi connectivity index (χ2v) is 4.79. The summed E-state index contributed by atoms with van der Waals surface area (Å²) in [5, 5.41) is 2.80. The predicted molar refractivity (Wildman–Crippen MR) is 71.6 cm³/mol. The van der Waals surface area contributed by atoms with Crippen molar-refractivity contribution in [3.05, 3.63) is 71.0 Å². The molecule has 2 nitrogen and oxygen atoms in total. The van der Waals surface area contributed by atoms with Crippen LogP contribution < -0.4 is 5.32 Å². The molecule has 0 heterocycles. The summed E-state index contributed by atoms with van der Waals surface area (Å²) in [7, 11) is 0. The van der Waals surface area contributed by atoms with Gasteiger partial charge in [0.25, 0.3) is 5.91 Å². The Morgan fingerprint density at radius 3 is 2.68 bits per heavy atom. The maximum absolute atomic E-state index is 13.4. The molecule has 3 rings (SSSR count). The summed E-state index contributed by atoms with van der Waals surface area (Å²) >= 11 is 0. The van der Waals surface area contributed by atoms with Crippen LogP contribution in [0.1, 0.15) is 27.4 Å². The highest BCUT2D eigenvalue weighted by Crippen LogP contribution is 2.34. The number of carbonyl (C=O) groups excluding carboxylic acids is 1. The first-order chi connectivity index (χ1) is 9.25. The van der Waals surface area contributed by atoms with Crippen molar-refractivity contribution < 1.29 is 9.18 Å². The van der Waals surface area contributed by atoms with Crippen LogP contribution in [0.3, 0.4) is 0 Å². The Labute approximate surface area is 111 Å². The first-order valence-electron chi connectivity index (χ1n) is 6.36. The van der Waals surface area contributed by atoms with E-state index in [1.54, 1.807) is 12.1 Å². The Bertz CT molecular complexity index is 624. The summed E-state index contributed by atoms with van der Waals surface area (Å²) in [5.74, 6) is -0.469. The second-order valence-electron chi connectivity index (χ2n) is 4.79. The van der Waals surface area contributed by atoms with Crippen LogP contribution in [0.15, 0.2) is 48.5 Å². The highest BCUT2D eigenvalue weighted by molar-refractivity contribution is 5.94. The van der Waals surface area contributed by atoms with Crippen LogP contribution >= 0.6 is 0 Å². The number of rotatable bonds is 3. The topological polar surface area (TPSA) is 29.1 Å². The Morgan fingerprint density at radius 2 is 1.89 bits per heavy atom. The number of hydrogen-bond donors (Lipinski definition) is 1. The zero-order valence-corrected chi connectivity index (χ0v) is 10.4. The quantitative estimate of drug-likeness (QED) is 0.897. The molecule has 0 saturated heterocycles. The van der Waals surface area contributed by atoms with Crippen LogP contribution in [0.5, 0.6) is 0 Å². The third-order valence-corrected chi connectivity index (χ3v) is 3.59. The molecule has 1 N–H and O–H groups in total. The van der Waals surface area contributed by atoms with Crippen LogP contribution in [-0.2, 0) is 6.42 Å². The van der Waals surface area contributed by atoms with Gasteiger partial charge in [0.05, 0.1) is 5.56 Å². The minimum atomic E-state index is -0.478. The van der Waals surface area contributed by atoms with Crippen molar-refractivity contribution in [2.45, 2.75) is 12.3 Å². The van der Waals surface area contributed by atoms with Crippen molar-refractivity contribution in [2.24, 2.45) is 0 Å². The summed E-state index contributed by atoms with van der Waals surface area (Å²) in [6.07, 6.45) is 0.980. The van der Waals surface area contributed by atoms with Crippen molar-refractivity contribution in [1.29, 1.82) is 0 Å². The average Bonchev–Trinajstić information content (AvgIpc) is 2.40. The Morgan fingerprint density at radius 1 is 1.16 bits per heavy atom. The second kappa shape index (κ2) is 4.84. The fourth-order valence-corrected chi connectivity index (χ4v) is 2.50. The van der Waals surface area contributed by atoms with Crippen LogP contribution in [0.2, 0.25) is 0 Å². The van der Waals surface area contributed by atoms with Gasteiger partial charge in [-0.25, -0.2) is 4.39 Å². The molecule has 0 aliphatic heterocycles. The summed E-state index contributed by atoms with van der Waals surface area (Å²) in [4.78, 5) is 11.9. The minimum Gasteiger partial charge on any atom is -0.351 e. The number of carbonyl (C=O) groups is 1. The normalized spacial score (nSPS) is 16.4. The van der Waals surface area contributed by atoms with E-state index in [-0.39, 0.29) is 11.5 Å². The van der Waals surface area contributed by atoms with Crippen molar-refractivity contribution in [2.75, 3.05) is 6.54 Å². The highest BCUT2D eigenvalue weighted by atomic mass is 19.1. The molecule has 0 radical (unpaired) electrons. The molecule has 0 aromatic heterocycles.